The Morgan fingerprint density at radius 2 is 1.66 bits per heavy atom. The summed E-state index contributed by atoms with van der Waals surface area (Å²) in [5.74, 6) is 0.325. The van der Waals surface area contributed by atoms with Crippen molar-refractivity contribution in [1.82, 2.24) is 9.55 Å². The number of rotatable bonds is 12. The van der Waals surface area contributed by atoms with E-state index in [0.29, 0.717) is 23.6 Å². The molecule has 226 valence electrons. The minimum Gasteiger partial charge on any atom is -0.493 e. The number of ether oxygens (including phenoxy) is 2. The van der Waals surface area contributed by atoms with Crippen LogP contribution in [0, 0.1) is 0 Å². The van der Waals surface area contributed by atoms with Crippen molar-refractivity contribution in [2.24, 2.45) is 7.05 Å². The van der Waals surface area contributed by atoms with Crippen LogP contribution in [0.4, 0.5) is 5.69 Å². The van der Waals surface area contributed by atoms with Crippen molar-refractivity contribution < 1.29 is 14.3 Å². The molecule has 6 nitrogen and oxygen atoms in total. The summed E-state index contributed by atoms with van der Waals surface area (Å²) in [7, 11) is 2.08. The average Bonchev–Trinajstić information content (AvgIpc) is 3.53. The van der Waals surface area contributed by atoms with Gasteiger partial charge in [-0.1, -0.05) is 74.7 Å². The number of nitrogens with zero attached hydrogens (tertiary/aromatic N) is 3. The molecule has 1 unspecified atom stereocenters. The number of anilines is 1. The first kappa shape index (κ1) is 29.5. The van der Waals surface area contributed by atoms with Crippen molar-refractivity contribution in [3.05, 3.63) is 114 Å². The van der Waals surface area contributed by atoms with Gasteiger partial charge in [0.2, 0.25) is 5.60 Å². The fraction of sp³-hybridized carbons (Fsp3) is 0.316. The summed E-state index contributed by atoms with van der Waals surface area (Å²) < 4.78 is 15.6. The molecule has 3 aromatic carbocycles. The molecule has 3 heterocycles. The molecule has 6 heteroatoms. The number of carbonyl (C=O) groups is 1. The Bertz CT molecular complexity index is 1770. The Labute approximate surface area is 260 Å². The summed E-state index contributed by atoms with van der Waals surface area (Å²) in [6, 6.07) is 28.6. The van der Waals surface area contributed by atoms with E-state index >= 15 is 0 Å². The maximum atomic E-state index is 13.8. The van der Waals surface area contributed by atoms with Gasteiger partial charge >= 0.3 is 5.97 Å². The van der Waals surface area contributed by atoms with Gasteiger partial charge in [0.1, 0.15) is 11.4 Å². The highest BCUT2D eigenvalue weighted by atomic mass is 16.6. The first-order valence-electron chi connectivity index (χ1n) is 15.9. The third-order valence-electron chi connectivity index (χ3n) is 8.84. The summed E-state index contributed by atoms with van der Waals surface area (Å²) in [6.07, 6.45) is 6.14. The van der Waals surface area contributed by atoms with E-state index in [-0.39, 0.29) is 5.97 Å². The standard InChI is InChI=1S/C38H41N3O3/c1-5-8-9-15-25-43-33-26-28(41(6-2)7-3)22-23-31(33)38(36-30(37(42)44-38)20-16-24-39-36)34-29-19-13-14-21-32(29)40(4)35(34)27-17-11-10-12-18-27/h10-14,16-24,26H,5-9,15,25H2,1-4H3. The van der Waals surface area contributed by atoms with Crippen LogP contribution in [0.2, 0.25) is 0 Å². The smallest absolute Gasteiger partial charge is 0.341 e. The predicted octanol–water partition coefficient (Wildman–Crippen LogP) is 8.51. The topological polar surface area (TPSA) is 56.6 Å². The number of aromatic nitrogens is 2. The van der Waals surface area contributed by atoms with Gasteiger partial charge in [-0.3, -0.25) is 4.98 Å². The molecule has 0 spiro atoms. The molecule has 44 heavy (non-hydrogen) atoms. The fourth-order valence-electron chi connectivity index (χ4n) is 6.68. The molecule has 0 aliphatic carbocycles. The van der Waals surface area contributed by atoms with E-state index in [9.17, 15) is 4.79 Å². The third kappa shape index (κ3) is 4.92. The Balaban J connectivity index is 1.68. The van der Waals surface area contributed by atoms with Gasteiger partial charge in [0.15, 0.2) is 0 Å². The lowest BCUT2D eigenvalue weighted by atomic mass is 9.79. The molecule has 1 aliphatic heterocycles. The van der Waals surface area contributed by atoms with Crippen molar-refractivity contribution in [3.63, 3.8) is 0 Å². The van der Waals surface area contributed by atoms with Gasteiger partial charge in [-0.05, 0) is 56.2 Å². The van der Waals surface area contributed by atoms with Crippen molar-refractivity contribution >= 4 is 22.6 Å². The molecule has 0 radical (unpaired) electrons. The highest BCUT2D eigenvalue weighted by molar-refractivity contribution is 6.00. The zero-order valence-electron chi connectivity index (χ0n) is 26.2. The Hall–Kier alpha value is -4.58. The second-order valence-electron chi connectivity index (χ2n) is 11.4. The molecule has 0 amide bonds. The van der Waals surface area contributed by atoms with Gasteiger partial charge in [-0.15, -0.1) is 0 Å². The van der Waals surface area contributed by atoms with Crippen molar-refractivity contribution in [2.75, 3.05) is 24.6 Å². The number of esters is 1. The lowest BCUT2D eigenvalue weighted by molar-refractivity contribution is 0.0241. The van der Waals surface area contributed by atoms with Gasteiger partial charge < -0.3 is 18.9 Å². The molecule has 2 aromatic heterocycles. The van der Waals surface area contributed by atoms with E-state index in [4.69, 9.17) is 14.5 Å². The number of para-hydroxylation sites is 1. The van der Waals surface area contributed by atoms with E-state index in [1.165, 1.54) is 6.42 Å². The van der Waals surface area contributed by atoms with Gasteiger partial charge in [-0.25, -0.2) is 4.79 Å². The van der Waals surface area contributed by atoms with Crippen LogP contribution in [0.3, 0.4) is 0 Å². The van der Waals surface area contributed by atoms with Crippen LogP contribution in [0.15, 0.2) is 91.1 Å². The number of carbonyl (C=O) groups excluding carboxylic acids is 1. The maximum Gasteiger partial charge on any atom is 0.341 e. The number of unbranched alkanes of at least 4 members (excludes halogenated alkanes) is 3. The minimum absolute atomic E-state index is 0.387. The highest BCUT2D eigenvalue weighted by Gasteiger charge is 2.54. The Kier molecular flexibility index (Phi) is 8.42. The van der Waals surface area contributed by atoms with E-state index in [1.54, 1.807) is 12.3 Å². The predicted molar refractivity (Wildman–Crippen MR) is 178 cm³/mol. The van der Waals surface area contributed by atoms with Crippen LogP contribution in [-0.2, 0) is 17.4 Å². The van der Waals surface area contributed by atoms with Crippen LogP contribution in [-0.4, -0.2) is 35.2 Å². The molecular formula is C38H41N3O3. The molecule has 0 saturated heterocycles. The van der Waals surface area contributed by atoms with Gasteiger partial charge in [0.05, 0.1) is 17.9 Å². The molecule has 0 N–H and O–H groups in total. The van der Waals surface area contributed by atoms with Crippen LogP contribution in [0.25, 0.3) is 22.2 Å². The summed E-state index contributed by atoms with van der Waals surface area (Å²) in [6.45, 7) is 8.85. The summed E-state index contributed by atoms with van der Waals surface area (Å²) in [5, 5.41) is 1.00. The first-order chi connectivity index (χ1) is 21.5. The number of benzene rings is 3. The summed E-state index contributed by atoms with van der Waals surface area (Å²) >= 11 is 0. The zero-order chi connectivity index (χ0) is 30.7. The largest absolute Gasteiger partial charge is 0.493 e. The summed E-state index contributed by atoms with van der Waals surface area (Å²) in [5.41, 5.74) is 5.52. The Morgan fingerprint density at radius 3 is 2.43 bits per heavy atom. The van der Waals surface area contributed by atoms with Crippen LogP contribution < -0.4 is 9.64 Å². The molecule has 0 saturated carbocycles. The first-order valence-corrected chi connectivity index (χ1v) is 15.9. The quantitative estimate of drug-likeness (QED) is 0.108. The molecule has 0 bridgehead atoms. The maximum absolute atomic E-state index is 13.8. The zero-order valence-corrected chi connectivity index (χ0v) is 26.2. The van der Waals surface area contributed by atoms with Gasteiger partial charge in [0.25, 0.3) is 0 Å². The van der Waals surface area contributed by atoms with E-state index in [2.05, 4.69) is 79.8 Å². The van der Waals surface area contributed by atoms with Gasteiger partial charge in [0, 0.05) is 60.1 Å². The molecule has 1 atom stereocenters. The SMILES string of the molecule is CCCCCCOc1cc(N(CC)CC)ccc1C1(c2c(-c3ccccc3)n(C)c3ccccc23)OC(=O)c2cccnc21. The molecule has 1 aliphatic rings. The van der Waals surface area contributed by atoms with Crippen molar-refractivity contribution in [1.29, 1.82) is 0 Å². The highest BCUT2D eigenvalue weighted by Crippen LogP contribution is 2.54. The second-order valence-corrected chi connectivity index (χ2v) is 11.4. The number of cyclic esters (lactones) is 1. The third-order valence-corrected chi connectivity index (χ3v) is 8.84. The molecule has 5 aromatic rings. The Morgan fingerprint density at radius 1 is 0.886 bits per heavy atom. The number of hydrogen-bond donors (Lipinski definition) is 0. The molecule has 0 fully saturated rings. The number of aryl methyl sites for hydroxylation is 1. The van der Waals surface area contributed by atoms with Crippen molar-refractivity contribution in [2.45, 2.75) is 52.1 Å². The fourth-order valence-corrected chi connectivity index (χ4v) is 6.68. The average molecular weight is 588 g/mol. The molecule has 6 rings (SSSR count). The van der Waals surface area contributed by atoms with Gasteiger partial charge in [-0.2, -0.15) is 0 Å². The lowest BCUT2D eigenvalue weighted by Crippen LogP contribution is -2.32. The summed E-state index contributed by atoms with van der Waals surface area (Å²) in [4.78, 5) is 21.0. The van der Waals surface area contributed by atoms with E-state index < -0.39 is 5.60 Å². The van der Waals surface area contributed by atoms with Crippen LogP contribution in [0.1, 0.15) is 73.6 Å². The van der Waals surface area contributed by atoms with Crippen LogP contribution >= 0.6 is 0 Å². The van der Waals surface area contributed by atoms with E-state index in [0.717, 1.165) is 71.3 Å². The normalized spacial score (nSPS) is 15.8. The second kappa shape index (κ2) is 12.6. The van der Waals surface area contributed by atoms with E-state index in [1.807, 2.05) is 36.4 Å². The molecular weight excluding hydrogens is 546 g/mol. The number of hydrogen-bond acceptors (Lipinski definition) is 5. The van der Waals surface area contributed by atoms with Crippen molar-refractivity contribution in [3.8, 4) is 17.0 Å². The monoisotopic (exact) mass is 587 g/mol. The lowest BCUT2D eigenvalue weighted by Gasteiger charge is -2.33. The number of fused-ring (bicyclic) bond motifs is 2. The minimum atomic E-state index is -1.33. The number of pyridine rings is 1. The van der Waals surface area contributed by atoms with Crippen LogP contribution in [0.5, 0.6) is 5.75 Å².